The number of benzene rings is 1. The molecule has 2 fully saturated rings. The molecule has 1 saturated carbocycles. The summed E-state index contributed by atoms with van der Waals surface area (Å²) in [6.07, 6.45) is 8.78. The standard InChI is InChI=1S/C23H27N5O3S/c1-15-14-26-23(32-15)22(29)27-16-2-4-18(5-3-16)31-20-13-17(28-8-10-30-11-9-28)12-19-21(20)25-7-6-24-19/h6-7,12-14,16,18H,2-5,8-11H2,1H3,(H,27,29)/t16-,18+. The molecule has 3 aromatic rings. The number of hydrogen-bond donors (Lipinski definition) is 1. The quantitative estimate of drug-likeness (QED) is 0.634. The number of anilines is 1. The van der Waals surface area contributed by atoms with Crippen molar-refractivity contribution < 1.29 is 14.3 Å². The Morgan fingerprint density at radius 1 is 1.12 bits per heavy atom. The van der Waals surface area contributed by atoms with E-state index in [-0.39, 0.29) is 18.1 Å². The van der Waals surface area contributed by atoms with Gasteiger partial charge < -0.3 is 19.7 Å². The first-order chi connectivity index (χ1) is 15.7. The van der Waals surface area contributed by atoms with E-state index in [0.717, 1.165) is 79.3 Å². The number of amides is 1. The number of carbonyl (C=O) groups is 1. The molecule has 1 saturated heterocycles. The van der Waals surface area contributed by atoms with Crippen LogP contribution in [0.15, 0.2) is 30.7 Å². The Morgan fingerprint density at radius 2 is 1.91 bits per heavy atom. The molecule has 0 bridgehead atoms. The summed E-state index contributed by atoms with van der Waals surface area (Å²) >= 11 is 1.43. The zero-order chi connectivity index (χ0) is 21.9. The Kier molecular flexibility index (Phi) is 6.18. The number of aryl methyl sites for hydroxylation is 1. The van der Waals surface area contributed by atoms with Crippen LogP contribution < -0.4 is 15.0 Å². The molecule has 8 nitrogen and oxygen atoms in total. The maximum atomic E-state index is 12.4. The summed E-state index contributed by atoms with van der Waals surface area (Å²) in [6.45, 7) is 5.12. The Hall–Kier alpha value is -2.78. The highest BCUT2D eigenvalue weighted by Crippen LogP contribution is 2.33. The Labute approximate surface area is 191 Å². The van der Waals surface area contributed by atoms with Gasteiger partial charge in [-0.25, -0.2) is 9.97 Å². The second-order valence-electron chi connectivity index (χ2n) is 8.31. The van der Waals surface area contributed by atoms with Crippen molar-refractivity contribution in [3.05, 3.63) is 40.6 Å². The fraction of sp³-hybridized carbons (Fsp3) is 0.478. The number of hydrogen-bond acceptors (Lipinski definition) is 8. The number of morpholine rings is 1. The fourth-order valence-electron chi connectivity index (χ4n) is 4.33. The van der Waals surface area contributed by atoms with Gasteiger partial charge in [0.05, 0.1) is 24.8 Å². The van der Waals surface area contributed by atoms with E-state index >= 15 is 0 Å². The Bertz CT molecular complexity index is 1090. The fourth-order valence-corrected chi connectivity index (χ4v) is 5.00. The minimum Gasteiger partial charge on any atom is -0.488 e. The summed E-state index contributed by atoms with van der Waals surface area (Å²) < 4.78 is 12.0. The highest BCUT2D eigenvalue weighted by Gasteiger charge is 2.26. The molecule has 0 spiro atoms. The number of fused-ring (bicyclic) bond motifs is 1. The van der Waals surface area contributed by atoms with Gasteiger partial charge >= 0.3 is 0 Å². The maximum absolute atomic E-state index is 12.4. The lowest BCUT2D eigenvalue weighted by atomic mass is 9.93. The van der Waals surface area contributed by atoms with Crippen LogP contribution in [-0.2, 0) is 4.74 Å². The molecular weight excluding hydrogens is 426 g/mol. The lowest BCUT2D eigenvalue weighted by molar-refractivity contribution is 0.0894. The van der Waals surface area contributed by atoms with Crippen molar-refractivity contribution in [2.45, 2.75) is 44.8 Å². The monoisotopic (exact) mass is 453 g/mol. The molecule has 3 heterocycles. The second-order valence-corrected chi connectivity index (χ2v) is 9.54. The first-order valence-electron chi connectivity index (χ1n) is 11.1. The molecular formula is C23H27N5O3S. The minimum absolute atomic E-state index is 0.0769. The molecule has 2 aliphatic rings. The van der Waals surface area contributed by atoms with Gasteiger partial charge in [0.25, 0.3) is 5.91 Å². The Balaban J connectivity index is 1.25. The van der Waals surface area contributed by atoms with Crippen LogP contribution in [0.4, 0.5) is 5.69 Å². The zero-order valence-electron chi connectivity index (χ0n) is 18.1. The van der Waals surface area contributed by atoms with E-state index in [1.807, 2.05) is 6.92 Å². The number of thiazole rings is 1. The van der Waals surface area contributed by atoms with Crippen molar-refractivity contribution >= 4 is 34.0 Å². The summed E-state index contributed by atoms with van der Waals surface area (Å²) in [4.78, 5) is 29.0. The topological polar surface area (TPSA) is 89.5 Å². The molecule has 168 valence electrons. The lowest BCUT2D eigenvalue weighted by Gasteiger charge is -2.31. The van der Waals surface area contributed by atoms with Gasteiger partial charge in [0.15, 0.2) is 5.01 Å². The van der Waals surface area contributed by atoms with E-state index < -0.39 is 0 Å². The van der Waals surface area contributed by atoms with Gasteiger partial charge in [-0.2, -0.15) is 0 Å². The van der Waals surface area contributed by atoms with Crippen LogP contribution in [0, 0.1) is 6.92 Å². The number of aromatic nitrogens is 3. The van der Waals surface area contributed by atoms with Gasteiger partial charge in [-0.3, -0.25) is 9.78 Å². The molecule has 9 heteroatoms. The molecule has 1 N–H and O–H groups in total. The van der Waals surface area contributed by atoms with Crippen molar-refractivity contribution in [1.82, 2.24) is 20.3 Å². The van der Waals surface area contributed by atoms with Crippen LogP contribution in [0.25, 0.3) is 11.0 Å². The third-order valence-corrected chi connectivity index (χ3v) is 6.93. The normalized spacial score (nSPS) is 21.5. The highest BCUT2D eigenvalue weighted by molar-refractivity contribution is 7.13. The minimum atomic E-state index is -0.0769. The average molecular weight is 454 g/mol. The first-order valence-corrected chi connectivity index (χ1v) is 11.9. The third kappa shape index (κ3) is 4.68. The molecule has 32 heavy (non-hydrogen) atoms. The summed E-state index contributed by atoms with van der Waals surface area (Å²) in [7, 11) is 0. The zero-order valence-corrected chi connectivity index (χ0v) is 18.9. The lowest BCUT2D eigenvalue weighted by Crippen LogP contribution is -2.39. The van der Waals surface area contributed by atoms with E-state index in [2.05, 4.69) is 37.3 Å². The maximum Gasteiger partial charge on any atom is 0.280 e. The molecule has 1 aliphatic carbocycles. The van der Waals surface area contributed by atoms with Gasteiger partial charge in [0, 0.05) is 54.4 Å². The second kappa shape index (κ2) is 9.38. The van der Waals surface area contributed by atoms with Crippen LogP contribution in [0.5, 0.6) is 5.75 Å². The number of ether oxygens (including phenoxy) is 2. The van der Waals surface area contributed by atoms with Crippen molar-refractivity contribution in [1.29, 1.82) is 0 Å². The summed E-state index contributed by atoms with van der Waals surface area (Å²) in [5, 5.41) is 3.66. The van der Waals surface area contributed by atoms with Crippen LogP contribution in [0.2, 0.25) is 0 Å². The summed E-state index contributed by atoms with van der Waals surface area (Å²) in [6, 6.07) is 4.32. The molecule has 0 unspecified atom stereocenters. The molecule has 1 aliphatic heterocycles. The number of carbonyl (C=O) groups excluding carboxylic acids is 1. The van der Waals surface area contributed by atoms with E-state index in [0.29, 0.717) is 5.01 Å². The number of rotatable bonds is 5. The van der Waals surface area contributed by atoms with Gasteiger partial charge in [-0.15, -0.1) is 11.3 Å². The van der Waals surface area contributed by atoms with Gasteiger partial charge in [-0.1, -0.05) is 0 Å². The van der Waals surface area contributed by atoms with Gasteiger partial charge in [-0.05, 0) is 38.7 Å². The summed E-state index contributed by atoms with van der Waals surface area (Å²) in [5.74, 6) is 0.704. The number of nitrogens with one attached hydrogen (secondary N) is 1. The molecule has 5 rings (SSSR count). The average Bonchev–Trinajstić information content (AvgIpc) is 3.27. The van der Waals surface area contributed by atoms with Crippen molar-refractivity contribution in [3.8, 4) is 5.75 Å². The molecule has 1 aromatic carbocycles. The van der Waals surface area contributed by atoms with Crippen molar-refractivity contribution in [3.63, 3.8) is 0 Å². The first kappa shape index (κ1) is 21.1. The third-order valence-electron chi connectivity index (χ3n) is 6.02. The van der Waals surface area contributed by atoms with Crippen LogP contribution in [0.3, 0.4) is 0 Å². The van der Waals surface area contributed by atoms with Gasteiger partial charge in [0.1, 0.15) is 11.3 Å². The molecule has 1 amide bonds. The molecule has 0 atom stereocenters. The SMILES string of the molecule is Cc1cnc(C(=O)N[C@H]2CC[C@@H](Oc3cc(N4CCOCC4)cc4nccnc34)CC2)s1. The van der Waals surface area contributed by atoms with Crippen LogP contribution in [0.1, 0.15) is 40.4 Å². The van der Waals surface area contributed by atoms with Crippen LogP contribution >= 0.6 is 11.3 Å². The van der Waals surface area contributed by atoms with E-state index in [4.69, 9.17) is 9.47 Å². The highest BCUT2D eigenvalue weighted by atomic mass is 32.1. The largest absolute Gasteiger partial charge is 0.488 e. The van der Waals surface area contributed by atoms with E-state index in [1.165, 1.54) is 11.3 Å². The predicted molar refractivity (Wildman–Crippen MR) is 124 cm³/mol. The predicted octanol–water partition coefficient (Wildman–Crippen LogP) is 3.35. The summed E-state index contributed by atoms with van der Waals surface area (Å²) in [5.41, 5.74) is 2.72. The Morgan fingerprint density at radius 3 is 2.66 bits per heavy atom. The van der Waals surface area contributed by atoms with E-state index in [1.54, 1.807) is 18.6 Å². The van der Waals surface area contributed by atoms with Gasteiger partial charge in [0.2, 0.25) is 0 Å². The smallest absolute Gasteiger partial charge is 0.280 e. The molecule has 2 aromatic heterocycles. The molecule has 0 radical (unpaired) electrons. The van der Waals surface area contributed by atoms with E-state index in [9.17, 15) is 4.79 Å². The number of nitrogens with zero attached hydrogens (tertiary/aromatic N) is 4. The van der Waals surface area contributed by atoms with Crippen molar-refractivity contribution in [2.24, 2.45) is 0 Å². The van der Waals surface area contributed by atoms with Crippen molar-refractivity contribution in [2.75, 3.05) is 31.2 Å². The van der Waals surface area contributed by atoms with Crippen LogP contribution in [-0.4, -0.2) is 59.3 Å².